The Kier molecular flexibility index (Phi) is 6.50. The van der Waals surface area contributed by atoms with Crippen LogP contribution in [-0.4, -0.2) is 15.5 Å². The lowest BCUT2D eigenvalue weighted by Gasteiger charge is -2.26. The molecule has 5 nitrogen and oxygen atoms in total. The van der Waals surface area contributed by atoms with Crippen molar-refractivity contribution in [2.75, 3.05) is 0 Å². The van der Waals surface area contributed by atoms with Gasteiger partial charge in [-0.05, 0) is 44.4 Å². The topological polar surface area (TPSA) is 64.0 Å². The molecule has 0 saturated heterocycles. The Labute approximate surface area is 177 Å². The van der Waals surface area contributed by atoms with Gasteiger partial charge in [-0.15, -0.1) is 0 Å². The summed E-state index contributed by atoms with van der Waals surface area (Å²) in [5.41, 5.74) is 3.94. The van der Waals surface area contributed by atoms with Gasteiger partial charge in [-0.3, -0.25) is 14.2 Å². The van der Waals surface area contributed by atoms with Crippen LogP contribution >= 0.6 is 0 Å². The summed E-state index contributed by atoms with van der Waals surface area (Å²) in [4.78, 5) is 30.8. The number of carbonyl (C=O) groups excluding carboxylic acids is 1. The normalized spacial score (nSPS) is 12.1. The van der Waals surface area contributed by atoms with Crippen LogP contribution in [0.2, 0.25) is 0 Å². The second-order valence-electron chi connectivity index (χ2n) is 8.12. The van der Waals surface area contributed by atoms with Gasteiger partial charge in [-0.1, -0.05) is 61.9 Å². The molecule has 1 amide bonds. The number of aryl methyl sites for hydroxylation is 2. The number of rotatable bonds is 6. The summed E-state index contributed by atoms with van der Waals surface area (Å²) in [6.07, 6.45) is 0. The van der Waals surface area contributed by atoms with Gasteiger partial charge in [0.15, 0.2) is 0 Å². The van der Waals surface area contributed by atoms with Crippen molar-refractivity contribution in [1.29, 1.82) is 0 Å². The van der Waals surface area contributed by atoms with E-state index in [0.29, 0.717) is 29.2 Å². The second-order valence-corrected chi connectivity index (χ2v) is 8.12. The fourth-order valence-corrected chi connectivity index (χ4v) is 3.39. The van der Waals surface area contributed by atoms with E-state index in [2.05, 4.69) is 5.32 Å². The minimum absolute atomic E-state index is 0.0513. The van der Waals surface area contributed by atoms with Crippen LogP contribution < -0.4 is 10.9 Å². The van der Waals surface area contributed by atoms with E-state index in [1.807, 2.05) is 82.3 Å². The maximum Gasteiger partial charge on any atom is 0.257 e. The Morgan fingerprint density at radius 3 is 2.23 bits per heavy atom. The molecule has 30 heavy (non-hydrogen) atoms. The molecule has 1 heterocycles. The van der Waals surface area contributed by atoms with Gasteiger partial charge < -0.3 is 5.32 Å². The highest BCUT2D eigenvalue weighted by Gasteiger charge is 2.25. The third kappa shape index (κ3) is 4.67. The molecule has 0 spiro atoms. The fraction of sp³-hybridized carbons (Fsp3) is 0.320. The highest BCUT2D eigenvalue weighted by Crippen LogP contribution is 2.22. The van der Waals surface area contributed by atoms with Crippen molar-refractivity contribution < 1.29 is 4.79 Å². The first-order valence-corrected chi connectivity index (χ1v) is 10.3. The van der Waals surface area contributed by atoms with Gasteiger partial charge in [0, 0.05) is 16.8 Å². The standard InChI is InChI=1S/C25H29N3O2/c1-16(2)22(27-24(29)21-13-11-17(3)12-14-21)23-26-19(5)18(4)25(30)28(23)15-20-9-7-6-8-10-20/h6-14,16,22H,15H2,1-5H3,(H,27,29). The first-order chi connectivity index (χ1) is 14.3. The van der Waals surface area contributed by atoms with E-state index >= 15 is 0 Å². The quantitative estimate of drug-likeness (QED) is 0.666. The second kappa shape index (κ2) is 9.08. The third-order valence-corrected chi connectivity index (χ3v) is 5.40. The van der Waals surface area contributed by atoms with Crippen molar-refractivity contribution in [2.24, 2.45) is 5.92 Å². The summed E-state index contributed by atoms with van der Waals surface area (Å²) < 4.78 is 1.69. The van der Waals surface area contributed by atoms with E-state index in [0.717, 1.165) is 11.1 Å². The maximum absolute atomic E-state index is 13.1. The predicted molar refractivity (Wildman–Crippen MR) is 120 cm³/mol. The first-order valence-electron chi connectivity index (χ1n) is 10.3. The van der Waals surface area contributed by atoms with Crippen LogP contribution in [0.1, 0.15) is 58.5 Å². The number of benzene rings is 2. The molecular weight excluding hydrogens is 374 g/mol. The van der Waals surface area contributed by atoms with Crippen LogP contribution in [0.4, 0.5) is 0 Å². The van der Waals surface area contributed by atoms with Gasteiger partial charge in [-0.25, -0.2) is 4.98 Å². The lowest BCUT2D eigenvalue weighted by molar-refractivity contribution is 0.0921. The third-order valence-electron chi connectivity index (χ3n) is 5.40. The first kappa shape index (κ1) is 21.5. The summed E-state index contributed by atoms with van der Waals surface area (Å²) in [7, 11) is 0. The SMILES string of the molecule is Cc1ccc(C(=O)NC(c2nc(C)c(C)c(=O)n2Cc2ccccc2)C(C)C)cc1. The number of hydrogen-bond donors (Lipinski definition) is 1. The van der Waals surface area contributed by atoms with Crippen LogP contribution in [0, 0.1) is 26.7 Å². The lowest BCUT2D eigenvalue weighted by Crippen LogP contribution is -2.38. The van der Waals surface area contributed by atoms with E-state index in [4.69, 9.17) is 4.98 Å². The number of nitrogens with one attached hydrogen (secondary N) is 1. The molecule has 1 unspecified atom stereocenters. The van der Waals surface area contributed by atoms with Crippen LogP contribution in [0.3, 0.4) is 0 Å². The highest BCUT2D eigenvalue weighted by atomic mass is 16.2. The van der Waals surface area contributed by atoms with Crippen molar-refractivity contribution in [3.8, 4) is 0 Å². The molecule has 2 aromatic carbocycles. The van der Waals surface area contributed by atoms with Gasteiger partial charge in [0.1, 0.15) is 5.82 Å². The zero-order valence-corrected chi connectivity index (χ0v) is 18.3. The molecule has 0 radical (unpaired) electrons. The Morgan fingerprint density at radius 2 is 1.63 bits per heavy atom. The van der Waals surface area contributed by atoms with Crippen molar-refractivity contribution in [2.45, 2.75) is 47.2 Å². The summed E-state index contributed by atoms with van der Waals surface area (Å²) in [5.74, 6) is 0.463. The van der Waals surface area contributed by atoms with E-state index in [1.54, 1.807) is 11.5 Å². The average molecular weight is 404 g/mol. The lowest BCUT2D eigenvalue weighted by atomic mass is 10.0. The summed E-state index contributed by atoms with van der Waals surface area (Å²) in [6.45, 7) is 10.1. The van der Waals surface area contributed by atoms with Crippen molar-refractivity contribution >= 4 is 5.91 Å². The van der Waals surface area contributed by atoms with Gasteiger partial charge in [0.25, 0.3) is 11.5 Å². The molecule has 0 aliphatic carbocycles. The van der Waals surface area contributed by atoms with Crippen LogP contribution in [-0.2, 0) is 6.54 Å². The van der Waals surface area contributed by atoms with Gasteiger partial charge in [0.05, 0.1) is 12.6 Å². The predicted octanol–water partition coefficient (Wildman–Crippen LogP) is 4.34. The van der Waals surface area contributed by atoms with E-state index in [-0.39, 0.29) is 17.4 Å². The molecular formula is C25H29N3O2. The van der Waals surface area contributed by atoms with Gasteiger partial charge in [0.2, 0.25) is 0 Å². The van der Waals surface area contributed by atoms with E-state index < -0.39 is 6.04 Å². The van der Waals surface area contributed by atoms with Crippen molar-refractivity contribution in [3.05, 3.63) is 98.7 Å². The molecule has 1 atom stereocenters. The smallest absolute Gasteiger partial charge is 0.257 e. The molecule has 0 fully saturated rings. The number of carbonyl (C=O) groups is 1. The zero-order chi connectivity index (χ0) is 21.8. The monoisotopic (exact) mass is 403 g/mol. The van der Waals surface area contributed by atoms with Crippen LogP contribution in [0.15, 0.2) is 59.4 Å². The van der Waals surface area contributed by atoms with Gasteiger partial charge >= 0.3 is 0 Å². The molecule has 1 N–H and O–H groups in total. The number of aromatic nitrogens is 2. The summed E-state index contributed by atoms with van der Waals surface area (Å²) in [6, 6.07) is 16.9. The number of hydrogen-bond acceptors (Lipinski definition) is 3. The van der Waals surface area contributed by atoms with E-state index in [9.17, 15) is 9.59 Å². The fourth-order valence-electron chi connectivity index (χ4n) is 3.39. The Morgan fingerprint density at radius 1 is 1.00 bits per heavy atom. The number of amides is 1. The molecule has 1 aromatic heterocycles. The highest BCUT2D eigenvalue weighted by molar-refractivity contribution is 5.94. The summed E-state index contributed by atoms with van der Waals surface area (Å²) in [5, 5.41) is 3.11. The largest absolute Gasteiger partial charge is 0.342 e. The Hall–Kier alpha value is -3.21. The minimum Gasteiger partial charge on any atom is -0.342 e. The Balaban J connectivity index is 2.04. The molecule has 0 aliphatic rings. The molecule has 3 aromatic rings. The van der Waals surface area contributed by atoms with Crippen molar-refractivity contribution in [1.82, 2.24) is 14.9 Å². The maximum atomic E-state index is 13.1. The average Bonchev–Trinajstić information content (AvgIpc) is 2.73. The molecule has 0 saturated carbocycles. The van der Waals surface area contributed by atoms with Crippen LogP contribution in [0.5, 0.6) is 0 Å². The van der Waals surface area contributed by atoms with Crippen molar-refractivity contribution in [3.63, 3.8) is 0 Å². The molecule has 5 heteroatoms. The molecule has 0 bridgehead atoms. The molecule has 156 valence electrons. The molecule has 3 rings (SSSR count). The number of nitrogens with zero attached hydrogens (tertiary/aromatic N) is 2. The molecule has 0 aliphatic heterocycles. The van der Waals surface area contributed by atoms with Gasteiger partial charge in [-0.2, -0.15) is 0 Å². The zero-order valence-electron chi connectivity index (χ0n) is 18.3. The Bertz CT molecular complexity index is 1080. The minimum atomic E-state index is -0.394. The van der Waals surface area contributed by atoms with E-state index in [1.165, 1.54) is 0 Å². The van der Waals surface area contributed by atoms with Crippen LogP contribution in [0.25, 0.3) is 0 Å². The summed E-state index contributed by atoms with van der Waals surface area (Å²) >= 11 is 0.